The van der Waals surface area contributed by atoms with Crippen LogP contribution in [0.4, 0.5) is 0 Å². The van der Waals surface area contributed by atoms with Gasteiger partial charge in [0.2, 0.25) is 0 Å². The number of benzene rings is 2. The Morgan fingerprint density at radius 3 is 2.46 bits per heavy atom. The van der Waals surface area contributed by atoms with Gasteiger partial charge in [-0.1, -0.05) is 0 Å². The average Bonchev–Trinajstić information content (AvgIpc) is 3.25. The van der Waals surface area contributed by atoms with E-state index in [1.165, 1.54) is 12.0 Å². The van der Waals surface area contributed by atoms with E-state index in [1.54, 1.807) is 10.9 Å². The first-order valence-corrected chi connectivity index (χ1v) is 13.9. The number of hydrogen-bond donors (Lipinski definition) is 0. The van der Waals surface area contributed by atoms with Crippen LogP contribution in [-0.4, -0.2) is 5.66 Å². The SMILES string of the molecule is C1=CC2CC3[CH]([Zr+2][CH]4C(=Cc5ccccc54)P3c3ccccc3)C2C=C1.[F-].[F-]. The number of fused-ring (bicyclic) bond motifs is 6. The van der Waals surface area contributed by atoms with Gasteiger partial charge in [0.05, 0.1) is 0 Å². The van der Waals surface area contributed by atoms with Crippen molar-refractivity contribution in [3.63, 3.8) is 0 Å². The molecule has 4 aliphatic rings. The molecule has 3 aliphatic carbocycles. The third-order valence-corrected chi connectivity index (χ3v) is 16.1. The summed E-state index contributed by atoms with van der Waals surface area (Å²) >= 11 is -0.524. The van der Waals surface area contributed by atoms with Gasteiger partial charge >= 0.3 is 169 Å². The Labute approximate surface area is 177 Å². The molecule has 1 heterocycles. The van der Waals surface area contributed by atoms with Crippen molar-refractivity contribution in [2.75, 3.05) is 0 Å². The van der Waals surface area contributed by atoms with Crippen LogP contribution in [0.15, 0.2) is 84.2 Å². The van der Waals surface area contributed by atoms with E-state index in [1.807, 2.05) is 5.31 Å². The summed E-state index contributed by atoms with van der Waals surface area (Å²) in [4.78, 5) is 0. The molecular formula is C24H21F2PZr. The molecule has 0 amide bonds. The van der Waals surface area contributed by atoms with E-state index in [4.69, 9.17) is 0 Å². The van der Waals surface area contributed by atoms with Crippen molar-refractivity contribution in [2.24, 2.45) is 11.8 Å². The molecule has 2 fully saturated rings. The molecule has 2 aromatic rings. The molecule has 6 rings (SSSR count). The molecule has 0 aromatic heterocycles. The van der Waals surface area contributed by atoms with Crippen molar-refractivity contribution >= 4 is 19.3 Å². The zero-order valence-electron chi connectivity index (χ0n) is 15.4. The molecule has 0 bridgehead atoms. The normalized spacial score (nSPS) is 32.9. The topological polar surface area (TPSA) is 0 Å². The molecule has 1 saturated carbocycles. The first-order chi connectivity index (χ1) is 12.9. The Morgan fingerprint density at radius 2 is 1.61 bits per heavy atom. The quantitative estimate of drug-likeness (QED) is 0.513. The Bertz CT molecular complexity index is 952. The van der Waals surface area contributed by atoms with Crippen LogP contribution in [0, 0.1) is 11.8 Å². The van der Waals surface area contributed by atoms with Gasteiger partial charge in [-0.05, 0) is 0 Å². The monoisotopic (exact) mass is 468 g/mol. The Morgan fingerprint density at radius 1 is 0.857 bits per heavy atom. The molecule has 1 saturated heterocycles. The fourth-order valence-electron chi connectivity index (χ4n) is 5.47. The van der Waals surface area contributed by atoms with E-state index >= 15 is 0 Å². The van der Waals surface area contributed by atoms with E-state index in [0.717, 1.165) is 24.7 Å². The standard InChI is InChI=1S/C24H21P.2FH.Zr/c1-2-12-22(13-3-1)25(23-14-18-8-4-5-9-19(18)15-23)24-16-20-10-6-7-11-21(20)17-24;;;/h1-16,20-21,24H,17H2;2*1H;/q;;;+2/p-2. The summed E-state index contributed by atoms with van der Waals surface area (Å²) in [7, 11) is -0.195. The summed E-state index contributed by atoms with van der Waals surface area (Å²) in [6.07, 6.45) is 13.7. The predicted molar refractivity (Wildman–Crippen MR) is 108 cm³/mol. The zero-order chi connectivity index (χ0) is 17.1. The van der Waals surface area contributed by atoms with E-state index in [0.29, 0.717) is 0 Å². The van der Waals surface area contributed by atoms with Crippen LogP contribution in [-0.2, 0) is 23.2 Å². The second-order valence-corrected chi connectivity index (χ2v) is 14.2. The third-order valence-electron chi connectivity index (χ3n) is 6.55. The Balaban J connectivity index is 0.000000961. The van der Waals surface area contributed by atoms with Gasteiger partial charge in [0.1, 0.15) is 0 Å². The molecule has 4 heteroatoms. The summed E-state index contributed by atoms with van der Waals surface area (Å²) in [6, 6.07) is 20.7. The predicted octanol–water partition coefficient (Wildman–Crippen LogP) is -0.0871. The van der Waals surface area contributed by atoms with Gasteiger partial charge in [-0.3, -0.25) is 0 Å². The second kappa shape index (κ2) is 7.93. The number of rotatable bonds is 1. The van der Waals surface area contributed by atoms with Crippen LogP contribution in [0.3, 0.4) is 0 Å². The van der Waals surface area contributed by atoms with Crippen LogP contribution >= 0.6 is 7.92 Å². The number of allylic oxidation sites excluding steroid dienone is 5. The smallest absolute Gasteiger partial charge is 1.00 e. The molecule has 6 unspecified atom stereocenters. The van der Waals surface area contributed by atoms with E-state index in [9.17, 15) is 0 Å². The molecule has 1 aliphatic heterocycles. The maximum atomic E-state index is 2.60. The van der Waals surface area contributed by atoms with Gasteiger partial charge in [0, 0.05) is 0 Å². The van der Waals surface area contributed by atoms with Crippen molar-refractivity contribution in [2.45, 2.75) is 19.3 Å². The number of hydrogen-bond acceptors (Lipinski definition) is 0. The largest absolute Gasteiger partial charge is 1.00 e. The average molecular weight is 470 g/mol. The summed E-state index contributed by atoms with van der Waals surface area (Å²) in [5, 5.41) is 3.44. The fourth-order valence-corrected chi connectivity index (χ4v) is 16.7. The second-order valence-electron chi connectivity index (χ2n) is 7.84. The zero-order valence-corrected chi connectivity index (χ0v) is 18.7. The van der Waals surface area contributed by atoms with E-state index in [2.05, 4.69) is 85.0 Å². The minimum atomic E-state index is -0.524. The maximum absolute atomic E-state index is 2.60. The van der Waals surface area contributed by atoms with Crippen LogP contribution in [0.25, 0.3) is 6.08 Å². The van der Waals surface area contributed by atoms with Crippen LogP contribution < -0.4 is 14.7 Å². The summed E-state index contributed by atoms with van der Waals surface area (Å²) in [6.45, 7) is 0. The van der Waals surface area contributed by atoms with Crippen LogP contribution in [0.2, 0.25) is 3.63 Å². The summed E-state index contributed by atoms with van der Waals surface area (Å²) in [5.41, 5.74) is 4.10. The number of halogens is 2. The van der Waals surface area contributed by atoms with Crippen molar-refractivity contribution < 1.29 is 32.6 Å². The van der Waals surface area contributed by atoms with Gasteiger partial charge < -0.3 is 9.41 Å². The van der Waals surface area contributed by atoms with Crippen LogP contribution in [0.5, 0.6) is 0 Å². The Kier molecular flexibility index (Phi) is 5.70. The molecule has 2 aromatic carbocycles. The molecule has 0 N–H and O–H groups in total. The summed E-state index contributed by atoms with van der Waals surface area (Å²) in [5.74, 6) is 1.64. The third kappa shape index (κ3) is 2.98. The first-order valence-electron chi connectivity index (χ1n) is 9.66. The van der Waals surface area contributed by atoms with Crippen molar-refractivity contribution in [3.05, 3.63) is 95.3 Å². The van der Waals surface area contributed by atoms with Gasteiger partial charge in [-0.2, -0.15) is 0 Å². The van der Waals surface area contributed by atoms with Crippen molar-refractivity contribution in [1.82, 2.24) is 0 Å². The molecular weight excluding hydrogens is 448 g/mol. The minimum absolute atomic E-state index is 0. The van der Waals surface area contributed by atoms with Gasteiger partial charge in [-0.25, -0.2) is 0 Å². The van der Waals surface area contributed by atoms with Crippen molar-refractivity contribution in [3.8, 4) is 0 Å². The first kappa shape index (κ1) is 20.1. The Hall–Kier alpha value is -1.17. The van der Waals surface area contributed by atoms with Gasteiger partial charge in [-0.15, -0.1) is 0 Å². The van der Waals surface area contributed by atoms with Gasteiger partial charge in [0.15, 0.2) is 0 Å². The molecule has 140 valence electrons. The van der Waals surface area contributed by atoms with Crippen molar-refractivity contribution in [1.29, 1.82) is 0 Å². The molecule has 0 radical (unpaired) electrons. The molecule has 6 atom stereocenters. The van der Waals surface area contributed by atoms with Crippen LogP contribution in [0.1, 0.15) is 21.2 Å². The molecule has 0 nitrogen and oxygen atoms in total. The minimum Gasteiger partial charge on any atom is -1.00 e. The van der Waals surface area contributed by atoms with E-state index in [-0.39, 0.29) is 17.3 Å². The molecule has 28 heavy (non-hydrogen) atoms. The van der Waals surface area contributed by atoms with E-state index < -0.39 is 23.2 Å². The fraction of sp³-hybridized carbons (Fsp3) is 0.250. The maximum Gasteiger partial charge on any atom is -1.00 e. The molecule has 0 spiro atoms. The van der Waals surface area contributed by atoms with Gasteiger partial charge in [0.25, 0.3) is 0 Å². The summed E-state index contributed by atoms with van der Waals surface area (Å²) < 4.78 is 1.82.